The molecule has 1 N–H and O–H groups in total. The van der Waals surface area contributed by atoms with Gasteiger partial charge in [-0.3, -0.25) is 19.8 Å². The lowest BCUT2D eigenvalue weighted by molar-refractivity contribution is -0.131. The van der Waals surface area contributed by atoms with Crippen LogP contribution in [0.4, 0.5) is 9.18 Å². The van der Waals surface area contributed by atoms with Gasteiger partial charge in [0.2, 0.25) is 0 Å². The average molecular weight is 395 g/mol. The highest BCUT2D eigenvalue weighted by Gasteiger charge is 2.40. The van der Waals surface area contributed by atoms with Gasteiger partial charge in [-0.25, -0.2) is 9.18 Å². The molecule has 7 heteroatoms. The third kappa shape index (κ3) is 3.37. The van der Waals surface area contributed by atoms with Crippen molar-refractivity contribution in [1.82, 2.24) is 14.8 Å². The summed E-state index contributed by atoms with van der Waals surface area (Å²) < 4.78 is 15.5. The molecule has 4 amide bonds. The SMILES string of the molecule is Cc1cc(/C=C2\C(=O)NC(=O)N(C3CCCC3)C2=O)c(C)n1-c1cccc(F)c1. The molecule has 1 aromatic heterocycles. The maximum Gasteiger partial charge on any atom is 0.331 e. The van der Waals surface area contributed by atoms with Crippen LogP contribution < -0.4 is 5.32 Å². The van der Waals surface area contributed by atoms with Gasteiger partial charge in [-0.1, -0.05) is 18.9 Å². The van der Waals surface area contributed by atoms with E-state index in [1.54, 1.807) is 12.1 Å². The number of benzene rings is 1. The maximum absolute atomic E-state index is 13.7. The molecule has 1 aliphatic carbocycles. The minimum absolute atomic E-state index is 0.0593. The number of carbonyl (C=O) groups is 3. The summed E-state index contributed by atoms with van der Waals surface area (Å²) in [6, 6.07) is 7.25. The molecule has 150 valence electrons. The van der Waals surface area contributed by atoms with Crippen molar-refractivity contribution >= 4 is 23.9 Å². The molecule has 2 aliphatic rings. The Morgan fingerprint density at radius 2 is 1.83 bits per heavy atom. The van der Waals surface area contributed by atoms with Gasteiger partial charge in [-0.05, 0) is 62.6 Å². The number of aryl methyl sites for hydroxylation is 1. The third-order valence-electron chi connectivity index (χ3n) is 5.66. The fourth-order valence-electron chi connectivity index (χ4n) is 4.27. The van der Waals surface area contributed by atoms with E-state index in [4.69, 9.17) is 0 Å². The summed E-state index contributed by atoms with van der Waals surface area (Å²) >= 11 is 0. The zero-order chi connectivity index (χ0) is 20.7. The van der Waals surface area contributed by atoms with E-state index >= 15 is 0 Å². The van der Waals surface area contributed by atoms with Crippen molar-refractivity contribution in [3.63, 3.8) is 0 Å². The second-order valence-corrected chi connectivity index (χ2v) is 7.57. The van der Waals surface area contributed by atoms with E-state index < -0.39 is 17.8 Å². The lowest BCUT2D eigenvalue weighted by Gasteiger charge is -2.31. The van der Waals surface area contributed by atoms with Crippen LogP contribution in [0, 0.1) is 19.7 Å². The van der Waals surface area contributed by atoms with Crippen molar-refractivity contribution in [2.75, 3.05) is 0 Å². The van der Waals surface area contributed by atoms with Crippen LogP contribution in [-0.2, 0) is 9.59 Å². The van der Waals surface area contributed by atoms with Crippen molar-refractivity contribution < 1.29 is 18.8 Å². The Hall–Kier alpha value is -3.22. The zero-order valence-corrected chi connectivity index (χ0v) is 16.4. The number of barbiturate groups is 1. The van der Waals surface area contributed by atoms with Gasteiger partial charge >= 0.3 is 6.03 Å². The Labute approximate surface area is 168 Å². The van der Waals surface area contributed by atoms with Crippen LogP contribution in [0.3, 0.4) is 0 Å². The van der Waals surface area contributed by atoms with Crippen molar-refractivity contribution in [3.8, 4) is 5.69 Å². The molecule has 1 aliphatic heterocycles. The summed E-state index contributed by atoms with van der Waals surface area (Å²) in [5, 5.41) is 2.29. The molecule has 0 radical (unpaired) electrons. The normalized spacial score (nSPS) is 19.3. The van der Waals surface area contributed by atoms with Crippen LogP contribution in [0.15, 0.2) is 35.9 Å². The first-order chi connectivity index (χ1) is 13.9. The van der Waals surface area contributed by atoms with Crippen molar-refractivity contribution in [3.05, 3.63) is 58.7 Å². The number of halogens is 1. The smallest absolute Gasteiger partial charge is 0.318 e. The second-order valence-electron chi connectivity index (χ2n) is 7.57. The van der Waals surface area contributed by atoms with Crippen LogP contribution in [0.25, 0.3) is 11.8 Å². The van der Waals surface area contributed by atoms with Gasteiger partial charge in [0.1, 0.15) is 11.4 Å². The predicted octanol–water partition coefficient (Wildman–Crippen LogP) is 3.64. The van der Waals surface area contributed by atoms with Gasteiger partial charge < -0.3 is 4.57 Å². The monoisotopic (exact) mass is 395 g/mol. The van der Waals surface area contributed by atoms with Gasteiger partial charge in [-0.2, -0.15) is 0 Å². The molecule has 0 atom stereocenters. The minimum atomic E-state index is -0.690. The molecule has 0 bridgehead atoms. The minimum Gasteiger partial charge on any atom is -0.318 e. The third-order valence-corrected chi connectivity index (χ3v) is 5.66. The molecule has 0 spiro atoms. The Morgan fingerprint density at radius 3 is 2.52 bits per heavy atom. The van der Waals surface area contributed by atoms with Crippen molar-refractivity contribution in [1.29, 1.82) is 0 Å². The molecular formula is C22H22FN3O3. The molecule has 1 saturated carbocycles. The summed E-state index contributed by atoms with van der Waals surface area (Å²) in [7, 11) is 0. The summed E-state index contributed by atoms with van der Waals surface area (Å²) in [4.78, 5) is 38.8. The number of rotatable bonds is 3. The number of imide groups is 2. The largest absolute Gasteiger partial charge is 0.331 e. The summed E-state index contributed by atoms with van der Waals surface area (Å²) in [6.07, 6.45) is 4.96. The number of hydrogen-bond acceptors (Lipinski definition) is 3. The molecule has 1 aromatic carbocycles. The number of hydrogen-bond donors (Lipinski definition) is 1. The molecule has 0 unspecified atom stereocenters. The summed E-state index contributed by atoms with van der Waals surface area (Å²) in [5.74, 6) is -1.59. The lowest BCUT2D eigenvalue weighted by atomic mass is 10.1. The summed E-state index contributed by atoms with van der Waals surface area (Å²) in [6.45, 7) is 3.71. The highest BCUT2D eigenvalue weighted by molar-refractivity contribution is 6.31. The first-order valence-electron chi connectivity index (χ1n) is 9.72. The Bertz CT molecular complexity index is 1050. The van der Waals surface area contributed by atoms with Crippen LogP contribution >= 0.6 is 0 Å². The number of nitrogens with zero attached hydrogens (tertiary/aromatic N) is 2. The molecule has 29 heavy (non-hydrogen) atoms. The summed E-state index contributed by atoms with van der Waals surface area (Å²) in [5.41, 5.74) is 2.88. The molecule has 2 heterocycles. The highest BCUT2D eigenvalue weighted by Crippen LogP contribution is 2.28. The fourth-order valence-corrected chi connectivity index (χ4v) is 4.27. The van der Waals surface area contributed by atoms with E-state index in [2.05, 4.69) is 5.32 Å². The Kier molecular flexibility index (Phi) is 4.82. The first kappa shape index (κ1) is 19.1. The quantitative estimate of drug-likeness (QED) is 0.637. The molecule has 2 aromatic rings. The Balaban J connectivity index is 1.73. The first-order valence-corrected chi connectivity index (χ1v) is 9.72. The number of amides is 4. The van der Waals surface area contributed by atoms with Gasteiger partial charge in [0.15, 0.2) is 0 Å². The van der Waals surface area contributed by atoms with Crippen molar-refractivity contribution in [2.45, 2.75) is 45.6 Å². The van der Waals surface area contributed by atoms with Crippen LogP contribution in [0.5, 0.6) is 0 Å². The van der Waals surface area contributed by atoms with Gasteiger partial charge in [0, 0.05) is 23.1 Å². The highest BCUT2D eigenvalue weighted by atomic mass is 19.1. The number of aromatic nitrogens is 1. The number of nitrogens with one attached hydrogen (secondary N) is 1. The fraction of sp³-hybridized carbons (Fsp3) is 0.318. The Morgan fingerprint density at radius 1 is 1.10 bits per heavy atom. The molecular weight excluding hydrogens is 373 g/mol. The second kappa shape index (κ2) is 7.31. The van der Waals surface area contributed by atoms with Crippen LogP contribution in [-0.4, -0.2) is 33.4 Å². The van der Waals surface area contributed by atoms with E-state index in [-0.39, 0.29) is 17.4 Å². The van der Waals surface area contributed by atoms with E-state index in [9.17, 15) is 18.8 Å². The standard InChI is InChI=1S/C22H22FN3O3/c1-13-10-15(14(2)25(13)18-9-5-6-16(23)12-18)11-19-20(27)24-22(29)26(21(19)28)17-7-3-4-8-17/h5-6,9-12,17H,3-4,7-8H2,1-2H3,(H,24,27,29)/b19-11+. The maximum atomic E-state index is 13.7. The average Bonchev–Trinajstić information content (AvgIpc) is 3.27. The van der Waals surface area contributed by atoms with E-state index in [0.29, 0.717) is 11.3 Å². The van der Waals surface area contributed by atoms with E-state index in [1.165, 1.54) is 23.1 Å². The molecule has 6 nitrogen and oxygen atoms in total. The molecule has 1 saturated heterocycles. The molecule has 2 fully saturated rings. The van der Waals surface area contributed by atoms with Crippen LogP contribution in [0.2, 0.25) is 0 Å². The van der Waals surface area contributed by atoms with E-state index in [0.717, 1.165) is 37.1 Å². The number of urea groups is 1. The zero-order valence-electron chi connectivity index (χ0n) is 16.4. The predicted molar refractivity (Wildman–Crippen MR) is 106 cm³/mol. The lowest BCUT2D eigenvalue weighted by Crippen LogP contribution is -2.57. The number of carbonyl (C=O) groups excluding carboxylic acids is 3. The van der Waals surface area contributed by atoms with E-state index in [1.807, 2.05) is 24.5 Å². The topological polar surface area (TPSA) is 71.4 Å². The molecule has 4 rings (SSSR count). The van der Waals surface area contributed by atoms with Crippen LogP contribution in [0.1, 0.15) is 42.6 Å². The van der Waals surface area contributed by atoms with Gasteiger partial charge in [-0.15, -0.1) is 0 Å². The van der Waals surface area contributed by atoms with Crippen molar-refractivity contribution in [2.24, 2.45) is 0 Å². The van der Waals surface area contributed by atoms with Gasteiger partial charge in [0.05, 0.1) is 0 Å². The van der Waals surface area contributed by atoms with Gasteiger partial charge in [0.25, 0.3) is 11.8 Å².